The molecular weight excluding hydrogens is 170 g/mol. The average Bonchev–Trinajstić information content (AvgIpc) is 2.28. The van der Waals surface area contributed by atoms with Crippen LogP contribution in [0.4, 0.5) is 0 Å². The smallest absolute Gasteiger partial charge is 0.329 e. The zero-order valence-corrected chi connectivity index (χ0v) is 7.96. The Morgan fingerprint density at radius 2 is 2.08 bits per heavy atom. The van der Waals surface area contributed by atoms with Gasteiger partial charge in [-0.2, -0.15) is 0 Å². The van der Waals surface area contributed by atoms with Crippen molar-refractivity contribution in [3.05, 3.63) is 0 Å². The van der Waals surface area contributed by atoms with Gasteiger partial charge < -0.3 is 10.4 Å². The van der Waals surface area contributed by atoms with Gasteiger partial charge in [-0.3, -0.25) is 4.79 Å². The van der Waals surface area contributed by atoms with Crippen LogP contribution in [-0.2, 0) is 9.59 Å². The summed E-state index contributed by atoms with van der Waals surface area (Å²) in [6, 6.07) is 0. The van der Waals surface area contributed by atoms with Gasteiger partial charge in [0.1, 0.15) is 5.54 Å². The van der Waals surface area contributed by atoms with Crippen LogP contribution >= 0.6 is 0 Å². The van der Waals surface area contributed by atoms with Gasteiger partial charge in [-0.1, -0.05) is 13.8 Å². The van der Waals surface area contributed by atoms with Crippen LogP contribution in [0.2, 0.25) is 0 Å². The minimum Gasteiger partial charge on any atom is -0.480 e. The highest BCUT2D eigenvalue weighted by Crippen LogP contribution is 2.43. The summed E-state index contributed by atoms with van der Waals surface area (Å²) in [6.45, 7) is 4.04. The Bertz CT molecular complexity index is 237. The second-order valence-corrected chi connectivity index (χ2v) is 4.49. The fraction of sp³-hybridized carbons (Fsp3) is 0.778. The first-order valence-corrected chi connectivity index (χ1v) is 4.37. The monoisotopic (exact) mass is 185 g/mol. The van der Waals surface area contributed by atoms with E-state index in [0.29, 0.717) is 19.3 Å². The zero-order chi connectivity index (χ0) is 10.1. The maximum Gasteiger partial charge on any atom is 0.329 e. The van der Waals surface area contributed by atoms with Gasteiger partial charge in [-0.25, -0.2) is 4.79 Å². The lowest BCUT2D eigenvalue weighted by atomic mass is 9.88. The molecule has 74 valence electrons. The molecule has 0 aromatic carbocycles. The standard InChI is InChI=1S/C9H15NO3/c1-8(2)3-4-9(5-8,7(12)13)10-6-11/h6H,3-5H2,1-2H3,(H,10,11)(H,12,13). The zero-order valence-electron chi connectivity index (χ0n) is 7.96. The first-order valence-electron chi connectivity index (χ1n) is 4.37. The molecule has 4 heteroatoms. The number of carbonyl (C=O) groups is 2. The predicted molar refractivity (Wildman–Crippen MR) is 47.2 cm³/mol. The lowest BCUT2D eigenvalue weighted by Gasteiger charge is -2.25. The number of carboxylic acids is 1. The van der Waals surface area contributed by atoms with E-state index in [1.807, 2.05) is 13.8 Å². The summed E-state index contributed by atoms with van der Waals surface area (Å²) >= 11 is 0. The molecule has 0 bridgehead atoms. The number of carbonyl (C=O) groups excluding carboxylic acids is 1. The van der Waals surface area contributed by atoms with Crippen molar-refractivity contribution in [1.29, 1.82) is 0 Å². The summed E-state index contributed by atoms with van der Waals surface area (Å²) < 4.78 is 0. The lowest BCUT2D eigenvalue weighted by molar-refractivity contribution is -0.146. The fourth-order valence-corrected chi connectivity index (χ4v) is 2.03. The number of hydrogen-bond donors (Lipinski definition) is 2. The van der Waals surface area contributed by atoms with Gasteiger partial charge in [0.25, 0.3) is 0 Å². The summed E-state index contributed by atoms with van der Waals surface area (Å²) in [4.78, 5) is 21.3. The molecule has 1 saturated carbocycles. The van der Waals surface area contributed by atoms with Gasteiger partial charge in [-0.05, 0) is 24.7 Å². The van der Waals surface area contributed by atoms with Crippen LogP contribution in [0.15, 0.2) is 0 Å². The van der Waals surface area contributed by atoms with Crippen molar-refractivity contribution in [3.8, 4) is 0 Å². The molecule has 1 aliphatic rings. The van der Waals surface area contributed by atoms with Crippen molar-refractivity contribution in [3.63, 3.8) is 0 Å². The second-order valence-electron chi connectivity index (χ2n) is 4.49. The highest BCUT2D eigenvalue weighted by Gasteiger charge is 2.48. The Kier molecular flexibility index (Phi) is 2.32. The van der Waals surface area contributed by atoms with Crippen molar-refractivity contribution in [2.24, 2.45) is 5.41 Å². The van der Waals surface area contributed by atoms with Crippen LogP contribution in [0.5, 0.6) is 0 Å². The van der Waals surface area contributed by atoms with E-state index in [2.05, 4.69) is 5.32 Å². The fourth-order valence-electron chi connectivity index (χ4n) is 2.03. The first-order chi connectivity index (χ1) is 5.92. The van der Waals surface area contributed by atoms with Gasteiger partial charge in [0.2, 0.25) is 6.41 Å². The predicted octanol–water partition coefficient (Wildman–Crippen LogP) is 0.766. The number of carboxylic acid groups (broad SMARTS) is 1. The Morgan fingerprint density at radius 1 is 1.46 bits per heavy atom. The molecule has 4 nitrogen and oxygen atoms in total. The summed E-state index contributed by atoms with van der Waals surface area (Å²) in [6.07, 6.45) is 2.35. The molecule has 0 aromatic rings. The minimum atomic E-state index is -1.02. The number of hydrogen-bond acceptors (Lipinski definition) is 2. The first kappa shape index (κ1) is 10.0. The van der Waals surface area contributed by atoms with Crippen molar-refractivity contribution in [2.45, 2.75) is 38.6 Å². The molecule has 1 rings (SSSR count). The maximum atomic E-state index is 11.0. The molecule has 1 aliphatic carbocycles. The van der Waals surface area contributed by atoms with Gasteiger partial charge in [0, 0.05) is 0 Å². The van der Waals surface area contributed by atoms with E-state index < -0.39 is 11.5 Å². The van der Waals surface area contributed by atoms with Crippen molar-refractivity contribution in [2.75, 3.05) is 0 Å². The van der Waals surface area contributed by atoms with Crippen LogP contribution < -0.4 is 5.32 Å². The van der Waals surface area contributed by atoms with Crippen LogP contribution in [-0.4, -0.2) is 23.0 Å². The molecule has 2 N–H and O–H groups in total. The van der Waals surface area contributed by atoms with Gasteiger partial charge in [0.15, 0.2) is 0 Å². The summed E-state index contributed by atoms with van der Waals surface area (Å²) in [5.74, 6) is -0.926. The molecule has 13 heavy (non-hydrogen) atoms. The molecule has 0 aromatic heterocycles. The largest absolute Gasteiger partial charge is 0.480 e. The van der Waals surface area contributed by atoms with Crippen LogP contribution in [0.1, 0.15) is 33.1 Å². The number of aliphatic carboxylic acids is 1. The highest BCUT2D eigenvalue weighted by atomic mass is 16.4. The average molecular weight is 185 g/mol. The van der Waals surface area contributed by atoms with Crippen LogP contribution in [0.25, 0.3) is 0 Å². The normalized spacial score (nSPS) is 31.2. The molecule has 0 heterocycles. The number of nitrogens with one attached hydrogen (secondary N) is 1. The Balaban J connectivity index is 2.83. The Labute approximate surface area is 77.3 Å². The molecule has 0 aliphatic heterocycles. The minimum absolute atomic E-state index is 0.00833. The number of amides is 1. The third-order valence-corrected chi connectivity index (χ3v) is 2.75. The highest BCUT2D eigenvalue weighted by molar-refractivity contribution is 5.82. The van der Waals surface area contributed by atoms with E-state index in [4.69, 9.17) is 5.11 Å². The second kappa shape index (κ2) is 3.01. The van der Waals surface area contributed by atoms with Crippen molar-refractivity contribution >= 4 is 12.4 Å². The van der Waals surface area contributed by atoms with E-state index in [0.717, 1.165) is 6.42 Å². The van der Waals surface area contributed by atoms with E-state index in [1.54, 1.807) is 0 Å². The van der Waals surface area contributed by atoms with E-state index in [1.165, 1.54) is 0 Å². The Hall–Kier alpha value is -1.06. The topological polar surface area (TPSA) is 66.4 Å². The molecule has 0 spiro atoms. The van der Waals surface area contributed by atoms with Gasteiger partial charge in [0.05, 0.1) is 0 Å². The van der Waals surface area contributed by atoms with Crippen LogP contribution in [0, 0.1) is 5.41 Å². The van der Waals surface area contributed by atoms with E-state index in [9.17, 15) is 9.59 Å². The molecule has 1 atom stereocenters. The molecular formula is C9H15NO3. The third-order valence-electron chi connectivity index (χ3n) is 2.75. The molecule has 1 unspecified atom stereocenters. The number of rotatable bonds is 3. The molecule has 0 radical (unpaired) electrons. The summed E-state index contributed by atoms with van der Waals surface area (Å²) in [7, 11) is 0. The van der Waals surface area contributed by atoms with Crippen LogP contribution in [0.3, 0.4) is 0 Å². The van der Waals surface area contributed by atoms with Gasteiger partial charge in [-0.15, -0.1) is 0 Å². The lowest BCUT2D eigenvalue weighted by Crippen LogP contribution is -2.49. The molecule has 1 amide bonds. The maximum absolute atomic E-state index is 11.0. The Morgan fingerprint density at radius 3 is 2.38 bits per heavy atom. The molecule has 0 saturated heterocycles. The van der Waals surface area contributed by atoms with Gasteiger partial charge >= 0.3 is 5.97 Å². The third kappa shape index (κ3) is 1.82. The SMILES string of the molecule is CC1(C)CCC(NC=O)(C(=O)O)C1. The van der Waals surface area contributed by atoms with E-state index >= 15 is 0 Å². The van der Waals surface area contributed by atoms with E-state index in [-0.39, 0.29) is 5.41 Å². The summed E-state index contributed by atoms with van der Waals surface area (Å²) in [5.41, 5.74) is -1.01. The molecule has 1 fully saturated rings. The quantitative estimate of drug-likeness (QED) is 0.638. The van der Waals surface area contributed by atoms with Crippen molar-refractivity contribution in [1.82, 2.24) is 5.32 Å². The van der Waals surface area contributed by atoms with Crippen molar-refractivity contribution < 1.29 is 14.7 Å². The summed E-state index contributed by atoms with van der Waals surface area (Å²) in [5, 5.41) is 11.4.